The maximum absolute atomic E-state index is 10.1. The van der Waals surface area contributed by atoms with Crippen molar-refractivity contribution < 1.29 is 5.11 Å². The highest BCUT2D eigenvalue weighted by atomic mass is 31.1. The molecular weight excluding hydrogens is 323 g/mol. The van der Waals surface area contributed by atoms with E-state index in [0.717, 1.165) is 12.8 Å². The zero-order valence-electron chi connectivity index (χ0n) is 15.8. The van der Waals surface area contributed by atoms with Crippen LogP contribution in [0.3, 0.4) is 0 Å². The second kappa shape index (κ2) is 7.60. The Balaban J connectivity index is 1.94. The lowest BCUT2D eigenvalue weighted by atomic mass is 9.63. The van der Waals surface area contributed by atoms with Crippen LogP contribution in [0.2, 0.25) is 0 Å². The molecule has 1 aliphatic rings. The van der Waals surface area contributed by atoms with Gasteiger partial charge >= 0.3 is 0 Å². The number of hydrogen-bond acceptors (Lipinski definition) is 1. The summed E-state index contributed by atoms with van der Waals surface area (Å²) in [5.74, 6) is 0.668. The monoisotopic (exact) mass is 354 g/mol. The highest BCUT2D eigenvalue weighted by Gasteiger charge is 2.53. The van der Waals surface area contributed by atoms with Gasteiger partial charge in [0, 0.05) is 6.61 Å². The van der Waals surface area contributed by atoms with Crippen molar-refractivity contribution in [2.24, 2.45) is 16.7 Å². The van der Waals surface area contributed by atoms with Gasteiger partial charge in [0.05, 0.1) is 0 Å². The molecule has 3 unspecified atom stereocenters. The van der Waals surface area contributed by atoms with Crippen LogP contribution in [0, 0.1) is 16.7 Å². The molecule has 3 rings (SSSR count). The summed E-state index contributed by atoms with van der Waals surface area (Å²) in [5, 5.41) is 13.0. The Morgan fingerprint density at radius 1 is 0.960 bits per heavy atom. The molecule has 1 fully saturated rings. The number of benzene rings is 2. The van der Waals surface area contributed by atoms with E-state index in [1.165, 1.54) is 23.2 Å². The standard InChI is InChI=1S/C23H31OP/c1-4-23(3)19(15-16-22(23,2)18-24)17-25(20-11-7-5-8-12-20)21-13-9-6-10-14-21/h5-14,19,24H,4,15-18H2,1-3H3. The van der Waals surface area contributed by atoms with Gasteiger partial charge in [0.25, 0.3) is 0 Å². The second-order valence-electron chi connectivity index (χ2n) is 8.01. The molecule has 0 radical (unpaired) electrons. The van der Waals surface area contributed by atoms with Crippen LogP contribution in [0.1, 0.15) is 40.0 Å². The van der Waals surface area contributed by atoms with Crippen molar-refractivity contribution in [3.8, 4) is 0 Å². The molecule has 2 heteroatoms. The smallest absolute Gasteiger partial charge is 0.0490 e. The van der Waals surface area contributed by atoms with Crippen molar-refractivity contribution in [1.82, 2.24) is 0 Å². The molecule has 0 aliphatic heterocycles. The van der Waals surface area contributed by atoms with E-state index >= 15 is 0 Å². The predicted octanol–water partition coefficient (Wildman–Crippen LogP) is 4.94. The van der Waals surface area contributed by atoms with E-state index in [-0.39, 0.29) is 18.8 Å². The average Bonchev–Trinajstić information content (AvgIpc) is 2.93. The number of rotatable bonds is 6. The van der Waals surface area contributed by atoms with Crippen LogP contribution in [-0.4, -0.2) is 17.9 Å². The first kappa shape index (κ1) is 18.6. The Bertz CT molecular complexity index is 632. The number of hydrogen-bond donors (Lipinski definition) is 1. The van der Waals surface area contributed by atoms with E-state index in [1.54, 1.807) is 0 Å². The third kappa shape index (κ3) is 3.42. The fourth-order valence-corrected chi connectivity index (χ4v) is 7.46. The molecule has 0 aromatic heterocycles. The minimum absolute atomic E-state index is 0.0563. The Labute approximate surface area is 154 Å². The first-order valence-corrected chi connectivity index (χ1v) is 11.1. The Hall–Kier alpha value is -1.17. The van der Waals surface area contributed by atoms with Gasteiger partial charge in [-0.1, -0.05) is 81.4 Å². The lowest BCUT2D eigenvalue weighted by Crippen LogP contribution is -2.40. The van der Waals surface area contributed by atoms with Crippen LogP contribution >= 0.6 is 7.92 Å². The summed E-state index contributed by atoms with van der Waals surface area (Å²) in [6.07, 6.45) is 4.75. The molecule has 1 saturated carbocycles. The topological polar surface area (TPSA) is 20.2 Å². The molecule has 2 aromatic rings. The largest absolute Gasteiger partial charge is 0.396 e. The Kier molecular flexibility index (Phi) is 5.66. The second-order valence-corrected chi connectivity index (χ2v) is 10.3. The molecule has 25 heavy (non-hydrogen) atoms. The summed E-state index contributed by atoms with van der Waals surface area (Å²) < 4.78 is 0. The van der Waals surface area contributed by atoms with E-state index < -0.39 is 0 Å². The average molecular weight is 354 g/mol. The lowest BCUT2D eigenvalue weighted by Gasteiger charge is -2.44. The summed E-state index contributed by atoms with van der Waals surface area (Å²) in [5.41, 5.74) is 0.271. The van der Waals surface area contributed by atoms with Gasteiger partial charge in [0.1, 0.15) is 0 Å². The van der Waals surface area contributed by atoms with Crippen LogP contribution in [0.25, 0.3) is 0 Å². The van der Waals surface area contributed by atoms with Crippen LogP contribution in [0.15, 0.2) is 60.7 Å². The Morgan fingerprint density at radius 3 is 1.92 bits per heavy atom. The van der Waals surface area contributed by atoms with Crippen LogP contribution < -0.4 is 10.6 Å². The third-order valence-corrected chi connectivity index (χ3v) is 9.60. The van der Waals surface area contributed by atoms with Crippen LogP contribution in [-0.2, 0) is 0 Å². The van der Waals surface area contributed by atoms with Crippen molar-refractivity contribution >= 4 is 18.5 Å². The molecule has 1 aliphatic carbocycles. The highest BCUT2D eigenvalue weighted by molar-refractivity contribution is 7.73. The molecule has 3 atom stereocenters. The SMILES string of the molecule is CCC1(C)C(CP(c2ccccc2)c2ccccc2)CCC1(C)CO. The molecule has 0 saturated heterocycles. The summed E-state index contributed by atoms with van der Waals surface area (Å²) in [4.78, 5) is 0. The zero-order chi connectivity index (χ0) is 17.9. The number of aliphatic hydroxyl groups is 1. The van der Waals surface area contributed by atoms with Gasteiger partial charge in [-0.15, -0.1) is 0 Å². The van der Waals surface area contributed by atoms with Crippen molar-refractivity contribution in [3.05, 3.63) is 60.7 Å². The molecule has 134 valence electrons. The van der Waals surface area contributed by atoms with Gasteiger partial charge in [0.2, 0.25) is 0 Å². The van der Waals surface area contributed by atoms with Crippen molar-refractivity contribution in [2.75, 3.05) is 12.8 Å². The van der Waals surface area contributed by atoms with Crippen LogP contribution in [0.5, 0.6) is 0 Å². The lowest BCUT2D eigenvalue weighted by molar-refractivity contribution is 0.0130. The predicted molar refractivity (Wildman–Crippen MR) is 110 cm³/mol. The van der Waals surface area contributed by atoms with Crippen molar-refractivity contribution in [2.45, 2.75) is 40.0 Å². The molecule has 0 spiro atoms. The molecule has 0 heterocycles. The van der Waals surface area contributed by atoms with Gasteiger partial charge in [-0.05, 0) is 60.7 Å². The summed E-state index contributed by atoms with van der Waals surface area (Å²) in [6.45, 7) is 7.33. The first-order chi connectivity index (χ1) is 12.0. The molecule has 0 bridgehead atoms. The van der Waals surface area contributed by atoms with E-state index in [4.69, 9.17) is 0 Å². The molecule has 2 aromatic carbocycles. The number of aliphatic hydroxyl groups excluding tert-OH is 1. The minimum atomic E-state index is -0.354. The quantitative estimate of drug-likeness (QED) is 0.728. The summed E-state index contributed by atoms with van der Waals surface area (Å²) in [6, 6.07) is 22.1. The van der Waals surface area contributed by atoms with Crippen LogP contribution in [0.4, 0.5) is 0 Å². The van der Waals surface area contributed by atoms with Crippen molar-refractivity contribution in [1.29, 1.82) is 0 Å². The van der Waals surface area contributed by atoms with Gasteiger partial charge in [-0.3, -0.25) is 0 Å². The van der Waals surface area contributed by atoms with E-state index in [9.17, 15) is 5.11 Å². The highest BCUT2D eigenvalue weighted by Crippen LogP contribution is 2.60. The van der Waals surface area contributed by atoms with E-state index in [1.807, 2.05) is 0 Å². The summed E-state index contributed by atoms with van der Waals surface area (Å²) in [7, 11) is -0.354. The zero-order valence-corrected chi connectivity index (χ0v) is 16.7. The van der Waals surface area contributed by atoms with Gasteiger partial charge in [-0.2, -0.15) is 0 Å². The van der Waals surface area contributed by atoms with Crippen molar-refractivity contribution in [3.63, 3.8) is 0 Å². The molecular formula is C23H31OP. The molecule has 1 N–H and O–H groups in total. The summed E-state index contributed by atoms with van der Waals surface area (Å²) >= 11 is 0. The maximum Gasteiger partial charge on any atom is 0.0490 e. The van der Waals surface area contributed by atoms with Gasteiger partial charge in [-0.25, -0.2) is 0 Å². The normalized spacial score (nSPS) is 29.2. The van der Waals surface area contributed by atoms with E-state index in [0.29, 0.717) is 12.5 Å². The first-order valence-electron chi connectivity index (χ1n) is 9.52. The van der Waals surface area contributed by atoms with Gasteiger partial charge in [0.15, 0.2) is 0 Å². The van der Waals surface area contributed by atoms with E-state index in [2.05, 4.69) is 81.4 Å². The molecule has 1 nitrogen and oxygen atoms in total. The fourth-order valence-electron chi connectivity index (χ4n) is 4.65. The maximum atomic E-state index is 10.1. The third-order valence-electron chi connectivity index (χ3n) is 6.95. The van der Waals surface area contributed by atoms with Gasteiger partial charge < -0.3 is 5.11 Å². The molecule has 0 amide bonds. The Morgan fingerprint density at radius 2 is 1.48 bits per heavy atom. The minimum Gasteiger partial charge on any atom is -0.396 e. The fraction of sp³-hybridized carbons (Fsp3) is 0.478.